The van der Waals surface area contributed by atoms with Crippen molar-refractivity contribution in [2.75, 3.05) is 5.32 Å². The largest absolute Gasteiger partial charge is 0.361 e. The molecule has 3 N–H and O–H groups in total. The molecule has 170 valence electrons. The molecule has 10 nitrogen and oxygen atoms in total. The molecule has 4 rings (SSSR count). The van der Waals surface area contributed by atoms with E-state index < -0.39 is 21.9 Å². The van der Waals surface area contributed by atoms with Gasteiger partial charge in [0.15, 0.2) is 10.5 Å². The van der Waals surface area contributed by atoms with E-state index in [1.165, 1.54) is 41.0 Å². The summed E-state index contributed by atoms with van der Waals surface area (Å²) in [5.74, 6) is 0. The third kappa shape index (κ3) is 4.53. The zero-order valence-corrected chi connectivity index (χ0v) is 19.3. The Morgan fingerprint density at radius 3 is 2.73 bits per heavy atom. The molecule has 0 unspecified atom stereocenters. The van der Waals surface area contributed by atoms with Crippen molar-refractivity contribution in [3.8, 4) is 0 Å². The van der Waals surface area contributed by atoms with Crippen molar-refractivity contribution in [1.29, 1.82) is 0 Å². The van der Waals surface area contributed by atoms with E-state index in [-0.39, 0.29) is 5.69 Å². The van der Waals surface area contributed by atoms with Crippen LogP contribution in [0.3, 0.4) is 0 Å². The summed E-state index contributed by atoms with van der Waals surface area (Å²) in [6.07, 6.45) is 2.55. The number of benzene rings is 2. The molecular formula is C21H20N6O4S2. The Morgan fingerprint density at radius 1 is 1.33 bits per heavy atom. The summed E-state index contributed by atoms with van der Waals surface area (Å²) in [6.45, 7) is 3.69. The lowest BCUT2D eigenvalue weighted by atomic mass is 10.1. The maximum absolute atomic E-state index is 12.8. The van der Waals surface area contributed by atoms with Gasteiger partial charge in [-0.05, 0) is 32.0 Å². The minimum atomic E-state index is -0.894. The summed E-state index contributed by atoms with van der Waals surface area (Å²) in [4.78, 5) is 26.2. The van der Waals surface area contributed by atoms with Crippen molar-refractivity contribution in [3.63, 3.8) is 0 Å². The lowest BCUT2D eigenvalue weighted by molar-refractivity contribution is -0.384. The Kier molecular flexibility index (Phi) is 6.06. The van der Waals surface area contributed by atoms with Crippen LogP contribution in [0.1, 0.15) is 19.4 Å². The van der Waals surface area contributed by atoms with Gasteiger partial charge >= 0.3 is 6.03 Å². The fourth-order valence-electron chi connectivity index (χ4n) is 3.51. The van der Waals surface area contributed by atoms with Crippen LogP contribution in [0.2, 0.25) is 0 Å². The maximum Gasteiger partial charge on any atom is 0.347 e. The number of hydrogen-bond acceptors (Lipinski definition) is 7. The number of thiocarbonyl (C=S) groups is 1. The lowest BCUT2D eigenvalue weighted by Crippen LogP contribution is -2.54. The maximum atomic E-state index is 12.8. The van der Waals surface area contributed by atoms with Gasteiger partial charge in [0.05, 0.1) is 15.9 Å². The Labute approximate surface area is 198 Å². The molecule has 1 aliphatic heterocycles. The number of aromatic amines is 1. The molecule has 2 amide bonds. The summed E-state index contributed by atoms with van der Waals surface area (Å²) in [6, 6.07) is 12.2. The number of aromatic nitrogens is 1. The van der Waals surface area contributed by atoms with E-state index in [1.807, 2.05) is 44.3 Å². The molecule has 0 radical (unpaired) electrons. The van der Waals surface area contributed by atoms with E-state index in [2.05, 4.69) is 15.4 Å². The van der Waals surface area contributed by atoms with Crippen LogP contribution >= 0.6 is 24.0 Å². The molecule has 0 bridgehead atoms. The topological polar surface area (TPSA) is 127 Å². The van der Waals surface area contributed by atoms with Gasteiger partial charge in [-0.3, -0.25) is 15.3 Å². The van der Waals surface area contributed by atoms with Gasteiger partial charge in [-0.25, -0.2) is 9.80 Å². The van der Waals surface area contributed by atoms with E-state index in [0.717, 1.165) is 16.5 Å². The molecule has 0 spiro atoms. The Hall–Kier alpha value is -3.48. The number of hydrazone groups is 1. The second kappa shape index (κ2) is 8.81. The highest BCUT2D eigenvalue weighted by Crippen LogP contribution is 2.42. The second-order valence-electron chi connectivity index (χ2n) is 7.80. The fourth-order valence-corrected chi connectivity index (χ4v) is 5.30. The number of hydrogen-bond donors (Lipinski definition) is 3. The number of fused-ring (bicyclic) bond motifs is 1. The molecular weight excluding hydrogens is 464 g/mol. The van der Waals surface area contributed by atoms with Gasteiger partial charge in [-0.2, -0.15) is 10.2 Å². The molecule has 0 aliphatic carbocycles. The summed E-state index contributed by atoms with van der Waals surface area (Å²) in [7, 11) is 0. The average molecular weight is 485 g/mol. The number of anilines is 1. The Morgan fingerprint density at radius 2 is 2.03 bits per heavy atom. The van der Waals surface area contributed by atoms with Gasteiger partial charge in [-0.15, -0.1) is 0 Å². The molecule has 2 heterocycles. The van der Waals surface area contributed by atoms with E-state index in [4.69, 9.17) is 12.2 Å². The van der Waals surface area contributed by atoms with Crippen LogP contribution in [0.15, 0.2) is 59.8 Å². The minimum Gasteiger partial charge on any atom is -0.361 e. The number of hydroxylamine groups is 2. The number of urea groups is 1. The number of rotatable bonds is 5. The third-order valence-electron chi connectivity index (χ3n) is 5.10. The fraction of sp³-hybridized carbons (Fsp3) is 0.190. The molecule has 1 fully saturated rings. The number of thioether (sulfide) groups is 1. The zero-order chi connectivity index (χ0) is 23.8. The first-order valence-electron chi connectivity index (χ1n) is 9.83. The zero-order valence-electron chi connectivity index (χ0n) is 17.6. The average Bonchev–Trinajstić information content (AvgIpc) is 3.28. The first kappa shape index (κ1) is 22.7. The van der Waals surface area contributed by atoms with Crippen molar-refractivity contribution >= 4 is 62.8 Å². The number of nitrogens with one attached hydrogen (secondary N) is 2. The van der Waals surface area contributed by atoms with Crippen molar-refractivity contribution in [2.45, 2.75) is 24.8 Å². The number of para-hydroxylation sites is 1. The number of nitrogens with zero attached hydrogens (tertiary/aromatic N) is 4. The predicted octanol–water partition coefficient (Wildman–Crippen LogP) is 4.77. The number of nitro groups is 1. The Balaban J connectivity index is 1.55. The number of nitro benzene ring substituents is 1. The number of H-pyrrole nitrogens is 1. The van der Waals surface area contributed by atoms with Crippen LogP contribution in [0.25, 0.3) is 10.9 Å². The molecule has 0 saturated carbocycles. The number of carbonyl (C=O) groups excluding carboxylic acids is 1. The van der Waals surface area contributed by atoms with Crippen LogP contribution < -0.4 is 5.32 Å². The second-order valence-corrected chi connectivity index (χ2v) is 10.1. The molecule has 1 aliphatic rings. The summed E-state index contributed by atoms with van der Waals surface area (Å²) < 4.78 is -0.265. The molecule has 2 aromatic carbocycles. The van der Waals surface area contributed by atoms with Gasteiger partial charge in [0.1, 0.15) is 0 Å². The molecule has 33 heavy (non-hydrogen) atoms. The van der Waals surface area contributed by atoms with Crippen molar-refractivity contribution in [3.05, 3.63) is 70.4 Å². The summed E-state index contributed by atoms with van der Waals surface area (Å²) in [5, 5.41) is 31.6. The van der Waals surface area contributed by atoms with Crippen LogP contribution in [-0.4, -0.2) is 52.7 Å². The predicted molar refractivity (Wildman–Crippen MR) is 132 cm³/mol. The van der Waals surface area contributed by atoms with Crippen molar-refractivity contribution in [2.24, 2.45) is 5.10 Å². The molecule has 1 saturated heterocycles. The highest BCUT2D eigenvalue weighted by Gasteiger charge is 2.50. The monoisotopic (exact) mass is 484 g/mol. The van der Waals surface area contributed by atoms with E-state index in [0.29, 0.717) is 15.1 Å². The first-order chi connectivity index (χ1) is 15.7. The molecule has 3 aromatic rings. The van der Waals surface area contributed by atoms with E-state index in [1.54, 1.807) is 6.21 Å². The molecule has 1 atom stereocenters. The van der Waals surface area contributed by atoms with Crippen molar-refractivity contribution in [1.82, 2.24) is 15.1 Å². The third-order valence-corrected chi connectivity index (χ3v) is 6.64. The highest BCUT2D eigenvalue weighted by atomic mass is 32.2. The SMILES string of the molecule is CC1(C)SC(=S)N(/N=C\c2c[nH]c3ccccc23)[C@H]1N(O)C(=O)Nc1ccc([N+](=O)[O-])cc1. The van der Waals surface area contributed by atoms with Gasteiger partial charge in [-0.1, -0.05) is 42.2 Å². The highest BCUT2D eigenvalue weighted by molar-refractivity contribution is 8.24. The lowest BCUT2D eigenvalue weighted by Gasteiger charge is -2.34. The number of non-ortho nitro benzene ring substituents is 1. The van der Waals surface area contributed by atoms with Gasteiger partial charge in [0.2, 0.25) is 0 Å². The Bertz CT molecular complexity index is 1260. The minimum absolute atomic E-state index is 0.106. The standard InChI is InChI=1S/C21H20N6O4S2/c1-21(2)18(26(29)19(28)24-14-7-9-15(10-8-14)27(30)31)25(20(32)33-21)23-12-13-11-22-17-6-4-3-5-16(13)17/h3-12,18,22,29H,1-2H3,(H,24,28)/b23-12-/t18-/m0/s1. The van der Waals surface area contributed by atoms with Crippen molar-refractivity contribution < 1.29 is 14.9 Å². The normalized spacial score (nSPS) is 17.6. The van der Waals surface area contributed by atoms with Gasteiger partial charge in [0.25, 0.3) is 5.69 Å². The van der Waals surface area contributed by atoms with E-state index in [9.17, 15) is 20.1 Å². The van der Waals surface area contributed by atoms with Crippen LogP contribution in [-0.2, 0) is 0 Å². The smallest absolute Gasteiger partial charge is 0.347 e. The molecule has 12 heteroatoms. The summed E-state index contributed by atoms with van der Waals surface area (Å²) in [5.41, 5.74) is 1.98. The van der Waals surface area contributed by atoms with Gasteiger partial charge < -0.3 is 10.3 Å². The molecule has 1 aromatic heterocycles. The van der Waals surface area contributed by atoms with Crippen LogP contribution in [0.4, 0.5) is 16.2 Å². The number of amides is 2. The first-order valence-corrected chi connectivity index (χ1v) is 11.1. The van der Waals surface area contributed by atoms with E-state index >= 15 is 0 Å². The summed E-state index contributed by atoms with van der Waals surface area (Å²) >= 11 is 6.78. The quantitative estimate of drug-likeness (QED) is 0.156. The number of carbonyl (C=O) groups is 1. The van der Waals surface area contributed by atoms with Gasteiger partial charge in [0, 0.05) is 40.5 Å². The van der Waals surface area contributed by atoms with Crippen LogP contribution in [0.5, 0.6) is 0 Å². The van der Waals surface area contributed by atoms with Crippen LogP contribution in [0, 0.1) is 10.1 Å².